The van der Waals surface area contributed by atoms with Gasteiger partial charge in [-0.1, -0.05) is 16.8 Å². The zero-order valence-corrected chi connectivity index (χ0v) is 15.0. The normalized spacial score (nSPS) is 16.3. The molecule has 0 aliphatic carbocycles. The Kier molecular flexibility index (Phi) is 4.86. The minimum Gasteiger partial charge on any atom is -0.484 e. The minimum atomic E-state index is -0.980. The Hall–Kier alpha value is -2.61. The summed E-state index contributed by atoms with van der Waals surface area (Å²) in [7, 11) is 0. The number of halogens is 2. The van der Waals surface area contributed by atoms with E-state index in [1.165, 1.54) is 23.1 Å². The summed E-state index contributed by atoms with van der Waals surface area (Å²) in [5, 5.41) is 6.61. The summed E-state index contributed by atoms with van der Waals surface area (Å²) in [6.45, 7) is 4.06. The highest BCUT2D eigenvalue weighted by Crippen LogP contribution is 2.26. The van der Waals surface area contributed by atoms with Gasteiger partial charge in [0.15, 0.2) is 11.5 Å². The predicted octanol–water partition coefficient (Wildman–Crippen LogP) is 2.40. The fourth-order valence-corrected chi connectivity index (χ4v) is 2.84. The Morgan fingerprint density at radius 2 is 2.23 bits per heavy atom. The zero-order valence-electron chi connectivity index (χ0n) is 14.2. The third-order valence-electron chi connectivity index (χ3n) is 4.14. The molecule has 1 aromatic carbocycles. The first kappa shape index (κ1) is 18.2. The van der Waals surface area contributed by atoms with Gasteiger partial charge in [-0.25, -0.2) is 4.39 Å². The molecule has 1 N–H and O–H groups in total. The Morgan fingerprint density at radius 1 is 1.46 bits per heavy atom. The monoisotopic (exact) mass is 381 g/mol. The number of rotatable bonds is 4. The summed E-state index contributed by atoms with van der Waals surface area (Å²) in [6.07, 6.45) is 0. The van der Waals surface area contributed by atoms with Crippen LogP contribution in [0.5, 0.6) is 5.75 Å². The second kappa shape index (κ2) is 6.95. The van der Waals surface area contributed by atoms with Gasteiger partial charge in [0, 0.05) is 19.2 Å². The van der Waals surface area contributed by atoms with Gasteiger partial charge in [0.05, 0.1) is 5.02 Å². The molecule has 2 amide bonds. The molecule has 1 aromatic heterocycles. The van der Waals surface area contributed by atoms with Gasteiger partial charge in [-0.15, -0.1) is 0 Å². The van der Waals surface area contributed by atoms with Gasteiger partial charge in [-0.05, 0) is 32.0 Å². The molecule has 0 radical (unpaired) electrons. The van der Waals surface area contributed by atoms with Gasteiger partial charge in [-0.3, -0.25) is 9.59 Å². The van der Waals surface area contributed by atoms with E-state index in [0.717, 1.165) is 6.07 Å². The molecule has 0 unspecified atom stereocenters. The highest BCUT2D eigenvalue weighted by Gasteiger charge is 2.41. The fraction of sp³-hybridized carbons (Fsp3) is 0.353. The van der Waals surface area contributed by atoms with Gasteiger partial charge in [0.2, 0.25) is 5.91 Å². The number of nitrogens with one attached hydrogen (secondary N) is 1. The minimum absolute atomic E-state index is 0.0322. The van der Waals surface area contributed by atoms with E-state index < -0.39 is 17.3 Å². The van der Waals surface area contributed by atoms with Crippen molar-refractivity contribution in [3.8, 4) is 5.75 Å². The summed E-state index contributed by atoms with van der Waals surface area (Å²) in [6, 6.07) is 5.20. The van der Waals surface area contributed by atoms with Crippen molar-refractivity contribution in [3.05, 3.63) is 46.6 Å². The first-order chi connectivity index (χ1) is 12.3. The number of ether oxygens (including phenoxy) is 1. The van der Waals surface area contributed by atoms with E-state index in [9.17, 15) is 14.0 Å². The summed E-state index contributed by atoms with van der Waals surface area (Å²) < 4.78 is 23.6. The van der Waals surface area contributed by atoms with Crippen LogP contribution in [0.4, 0.5) is 4.39 Å². The number of piperazine rings is 1. The van der Waals surface area contributed by atoms with Crippen LogP contribution in [0, 0.1) is 5.82 Å². The molecule has 0 spiro atoms. The van der Waals surface area contributed by atoms with E-state index in [2.05, 4.69) is 10.5 Å². The second-order valence-corrected chi connectivity index (χ2v) is 6.72. The molecule has 138 valence electrons. The largest absolute Gasteiger partial charge is 0.484 e. The van der Waals surface area contributed by atoms with Crippen LogP contribution in [-0.4, -0.2) is 40.5 Å². The van der Waals surface area contributed by atoms with Crippen molar-refractivity contribution in [1.82, 2.24) is 15.4 Å². The Labute approximate surface area is 154 Å². The number of hydrogen-bond donors (Lipinski definition) is 1. The molecule has 0 bridgehead atoms. The van der Waals surface area contributed by atoms with Crippen LogP contribution < -0.4 is 10.1 Å². The summed E-state index contributed by atoms with van der Waals surface area (Å²) in [4.78, 5) is 26.1. The highest BCUT2D eigenvalue weighted by molar-refractivity contribution is 6.32. The number of amides is 2. The molecule has 2 aromatic rings. The molecule has 0 saturated carbocycles. The summed E-state index contributed by atoms with van der Waals surface area (Å²) in [5.74, 6) is -0.517. The predicted molar refractivity (Wildman–Crippen MR) is 90.4 cm³/mol. The number of carbonyl (C=O) groups excluding carboxylic acids is 2. The topological polar surface area (TPSA) is 84.7 Å². The molecular formula is C17H17ClFN3O4. The zero-order chi connectivity index (χ0) is 18.9. The number of benzene rings is 1. The summed E-state index contributed by atoms with van der Waals surface area (Å²) >= 11 is 5.89. The lowest BCUT2D eigenvalue weighted by molar-refractivity contribution is -0.133. The molecule has 7 nitrogen and oxygen atoms in total. The molecule has 1 aliphatic heterocycles. The Balaban J connectivity index is 1.69. The molecule has 0 atom stereocenters. The van der Waals surface area contributed by atoms with Crippen LogP contribution in [-0.2, 0) is 11.4 Å². The Bertz CT molecular complexity index is 852. The lowest BCUT2D eigenvalue weighted by atomic mass is 9.98. The number of hydrogen-bond acceptors (Lipinski definition) is 5. The van der Waals surface area contributed by atoms with Crippen molar-refractivity contribution in [2.75, 3.05) is 13.1 Å². The van der Waals surface area contributed by atoms with E-state index in [-0.39, 0.29) is 29.0 Å². The van der Waals surface area contributed by atoms with Crippen molar-refractivity contribution in [3.63, 3.8) is 0 Å². The van der Waals surface area contributed by atoms with Gasteiger partial charge in [-0.2, -0.15) is 0 Å². The molecule has 26 heavy (non-hydrogen) atoms. The molecule has 1 saturated heterocycles. The molecule has 3 rings (SSSR count). The maximum Gasteiger partial charge on any atom is 0.276 e. The fourth-order valence-electron chi connectivity index (χ4n) is 2.62. The standard InChI is InChI=1S/C17H17ClFN3O4/c1-17(2)16(24)20-5-6-22(17)15(23)13-8-11(26-21-13)9-25-14-4-3-10(19)7-12(14)18/h3-4,7-8H,5-6,9H2,1-2H3,(H,20,24). The summed E-state index contributed by atoms with van der Waals surface area (Å²) in [5.41, 5.74) is -0.899. The van der Waals surface area contributed by atoms with E-state index in [1.54, 1.807) is 13.8 Å². The van der Waals surface area contributed by atoms with Crippen LogP contribution in [0.15, 0.2) is 28.8 Å². The lowest BCUT2D eigenvalue weighted by Crippen LogP contribution is -2.63. The first-order valence-electron chi connectivity index (χ1n) is 7.93. The number of carbonyl (C=O) groups is 2. The smallest absolute Gasteiger partial charge is 0.276 e. The van der Waals surface area contributed by atoms with Gasteiger partial charge >= 0.3 is 0 Å². The average molecular weight is 382 g/mol. The van der Waals surface area contributed by atoms with E-state index in [1.807, 2.05) is 0 Å². The van der Waals surface area contributed by atoms with Crippen LogP contribution >= 0.6 is 11.6 Å². The highest BCUT2D eigenvalue weighted by atomic mass is 35.5. The average Bonchev–Trinajstić information content (AvgIpc) is 3.05. The SMILES string of the molecule is CC1(C)C(=O)NCCN1C(=O)c1cc(COc2ccc(F)cc2Cl)on1. The third kappa shape index (κ3) is 3.50. The van der Waals surface area contributed by atoms with E-state index >= 15 is 0 Å². The maximum absolute atomic E-state index is 13.0. The molecule has 2 heterocycles. The van der Waals surface area contributed by atoms with E-state index in [4.69, 9.17) is 20.9 Å². The van der Waals surface area contributed by atoms with Gasteiger partial charge < -0.3 is 19.5 Å². The Morgan fingerprint density at radius 3 is 2.96 bits per heavy atom. The van der Waals surface area contributed by atoms with Crippen LogP contribution in [0.2, 0.25) is 5.02 Å². The van der Waals surface area contributed by atoms with Crippen molar-refractivity contribution in [1.29, 1.82) is 0 Å². The third-order valence-corrected chi connectivity index (χ3v) is 4.43. The van der Waals surface area contributed by atoms with Crippen LogP contribution in [0.1, 0.15) is 30.1 Å². The van der Waals surface area contributed by atoms with Gasteiger partial charge in [0.25, 0.3) is 5.91 Å². The van der Waals surface area contributed by atoms with Crippen molar-refractivity contribution < 1.29 is 23.2 Å². The number of aromatic nitrogens is 1. The molecule has 9 heteroatoms. The quantitative estimate of drug-likeness (QED) is 0.879. The van der Waals surface area contributed by atoms with Gasteiger partial charge in [0.1, 0.15) is 23.7 Å². The number of nitrogens with zero attached hydrogens (tertiary/aromatic N) is 2. The van der Waals surface area contributed by atoms with Crippen molar-refractivity contribution >= 4 is 23.4 Å². The van der Waals surface area contributed by atoms with Crippen molar-refractivity contribution in [2.24, 2.45) is 0 Å². The lowest BCUT2D eigenvalue weighted by Gasteiger charge is -2.40. The van der Waals surface area contributed by atoms with Crippen LogP contribution in [0.3, 0.4) is 0 Å². The van der Waals surface area contributed by atoms with E-state index in [0.29, 0.717) is 18.8 Å². The molecular weight excluding hydrogens is 365 g/mol. The first-order valence-corrected chi connectivity index (χ1v) is 8.30. The van der Waals surface area contributed by atoms with Crippen LogP contribution in [0.25, 0.3) is 0 Å². The maximum atomic E-state index is 13.0. The molecule has 1 fully saturated rings. The molecule has 1 aliphatic rings. The van der Waals surface area contributed by atoms with Crippen molar-refractivity contribution in [2.45, 2.75) is 26.0 Å². The second-order valence-electron chi connectivity index (χ2n) is 6.31.